The standard InChI is InChI=1S/C29H34N2O3/c1-4-31(16-10-6-9-13-28(32)33)24-15-14-21-17-25-27(34-26(21)19-24)18-23(20-29(25,2)3)30-22-11-7-5-8-12-22/h5,7-8,11-12,14-15,17-19,30H,4,6,9-10,13,16,20H2,1-3H3/p+1. The number of rotatable bonds is 10. The second-order valence-corrected chi connectivity index (χ2v) is 9.75. The molecule has 2 aromatic carbocycles. The van der Waals surface area contributed by atoms with E-state index in [9.17, 15) is 4.79 Å². The SMILES string of the molecule is CCN(CCCCCC(=O)O)c1ccc2cc3c([o+]c2c1)C=C(Nc1ccccc1)CC3(C)C. The Kier molecular flexibility index (Phi) is 7.20. The number of nitrogens with zero attached hydrogens (tertiary/aromatic N) is 1. The highest BCUT2D eigenvalue weighted by Gasteiger charge is 2.36. The monoisotopic (exact) mass is 459 g/mol. The van der Waals surface area contributed by atoms with Crippen LogP contribution in [0.1, 0.15) is 64.2 Å². The van der Waals surface area contributed by atoms with Crippen LogP contribution in [0.25, 0.3) is 17.0 Å². The maximum Gasteiger partial charge on any atom is 0.362 e. The van der Waals surface area contributed by atoms with Crippen molar-refractivity contribution >= 4 is 34.4 Å². The molecule has 5 heteroatoms. The molecule has 5 nitrogen and oxygen atoms in total. The second kappa shape index (κ2) is 10.3. The Morgan fingerprint density at radius 2 is 1.88 bits per heavy atom. The van der Waals surface area contributed by atoms with Crippen LogP contribution in [0.15, 0.2) is 64.7 Å². The minimum Gasteiger partial charge on any atom is -0.481 e. The van der Waals surface area contributed by atoms with E-state index in [4.69, 9.17) is 9.52 Å². The number of carboxylic acid groups (broad SMARTS) is 1. The minimum absolute atomic E-state index is 0.0387. The summed E-state index contributed by atoms with van der Waals surface area (Å²) in [5.41, 5.74) is 5.45. The molecular formula is C29H35N2O3+. The smallest absolute Gasteiger partial charge is 0.362 e. The maximum atomic E-state index is 10.7. The number of unbranched alkanes of at least 4 members (excludes halogenated alkanes) is 2. The number of aliphatic carboxylic acids is 1. The molecule has 3 aromatic rings. The predicted octanol–water partition coefficient (Wildman–Crippen LogP) is 7.32. The first kappa shape index (κ1) is 23.8. The number of anilines is 2. The average Bonchev–Trinajstić information content (AvgIpc) is 2.80. The van der Waals surface area contributed by atoms with Gasteiger partial charge >= 0.3 is 17.3 Å². The molecule has 0 amide bonds. The minimum atomic E-state index is -0.717. The highest BCUT2D eigenvalue weighted by Crippen LogP contribution is 2.41. The number of benzene rings is 2. The molecule has 0 spiro atoms. The van der Waals surface area contributed by atoms with Crippen molar-refractivity contribution in [2.75, 3.05) is 23.3 Å². The van der Waals surface area contributed by atoms with E-state index < -0.39 is 5.97 Å². The Labute approximate surface area is 202 Å². The summed E-state index contributed by atoms with van der Waals surface area (Å²) in [7, 11) is 0. The number of carboxylic acids is 1. The Morgan fingerprint density at radius 3 is 2.62 bits per heavy atom. The van der Waals surface area contributed by atoms with Gasteiger partial charge in [-0.15, -0.1) is 0 Å². The van der Waals surface area contributed by atoms with Gasteiger partial charge in [0.15, 0.2) is 0 Å². The summed E-state index contributed by atoms with van der Waals surface area (Å²) in [5.74, 6) is 0.197. The van der Waals surface area contributed by atoms with Crippen molar-refractivity contribution in [2.45, 2.75) is 58.3 Å². The lowest BCUT2D eigenvalue weighted by molar-refractivity contribution is -0.137. The van der Waals surface area contributed by atoms with E-state index in [1.165, 1.54) is 5.56 Å². The Hall–Kier alpha value is -3.34. The highest BCUT2D eigenvalue weighted by atomic mass is 16.4. The molecule has 1 aliphatic rings. The lowest BCUT2D eigenvalue weighted by atomic mass is 9.76. The number of hydrogen-bond acceptors (Lipinski definition) is 3. The van der Waals surface area contributed by atoms with Gasteiger partial charge in [0, 0.05) is 42.0 Å². The summed E-state index contributed by atoms with van der Waals surface area (Å²) < 4.78 is 6.48. The van der Waals surface area contributed by atoms with Gasteiger partial charge in [0.25, 0.3) is 0 Å². The van der Waals surface area contributed by atoms with Crippen LogP contribution in [0.3, 0.4) is 0 Å². The number of allylic oxidation sites excluding steroid dienone is 1. The van der Waals surface area contributed by atoms with Crippen molar-refractivity contribution < 1.29 is 14.3 Å². The fraction of sp³-hybridized carbons (Fsp3) is 0.379. The molecular weight excluding hydrogens is 424 g/mol. The van der Waals surface area contributed by atoms with E-state index in [1.54, 1.807) is 0 Å². The molecule has 0 fully saturated rings. The first-order valence-electron chi connectivity index (χ1n) is 12.3. The molecule has 0 saturated heterocycles. The number of nitrogens with one attached hydrogen (secondary N) is 1. The molecule has 0 bridgehead atoms. The molecule has 1 aliphatic carbocycles. The van der Waals surface area contributed by atoms with Crippen molar-refractivity contribution in [3.63, 3.8) is 0 Å². The van der Waals surface area contributed by atoms with Gasteiger partial charge in [-0.2, -0.15) is 0 Å². The molecule has 0 unspecified atom stereocenters. The van der Waals surface area contributed by atoms with Crippen molar-refractivity contribution in [1.82, 2.24) is 0 Å². The molecule has 0 radical (unpaired) electrons. The van der Waals surface area contributed by atoms with E-state index in [-0.39, 0.29) is 11.8 Å². The Morgan fingerprint density at radius 1 is 1.09 bits per heavy atom. The summed E-state index contributed by atoms with van der Waals surface area (Å²) in [5, 5.41) is 13.5. The van der Waals surface area contributed by atoms with E-state index in [0.29, 0.717) is 0 Å². The molecule has 1 aromatic heterocycles. The summed E-state index contributed by atoms with van der Waals surface area (Å²) in [6.07, 6.45) is 5.93. The third-order valence-corrected chi connectivity index (χ3v) is 6.59. The van der Waals surface area contributed by atoms with Gasteiger partial charge < -0.3 is 15.3 Å². The zero-order valence-corrected chi connectivity index (χ0v) is 20.4. The molecule has 178 valence electrons. The van der Waals surface area contributed by atoms with Gasteiger partial charge in [-0.05, 0) is 56.5 Å². The van der Waals surface area contributed by atoms with Crippen LogP contribution in [0.5, 0.6) is 0 Å². The summed E-state index contributed by atoms with van der Waals surface area (Å²) in [6.45, 7) is 8.49. The van der Waals surface area contributed by atoms with Crippen LogP contribution in [0.2, 0.25) is 0 Å². The van der Waals surface area contributed by atoms with Gasteiger partial charge in [-0.3, -0.25) is 4.79 Å². The number of para-hydroxylation sites is 1. The quantitative estimate of drug-likeness (QED) is 0.246. The van der Waals surface area contributed by atoms with Gasteiger partial charge in [-0.25, -0.2) is 4.42 Å². The van der Waals surface area contributed by atoms with E-state index >= 15 is 0 Å². The summed E-state index contributed by atoms with van der Waals surface area (Å²) in [6, 6.07) is 19.0. The summed E-state index contributed by atoms with van der Waals surface area (Å²) in [4.78, 5) is 13.1. The van der Waals surface area contributed by atoms with Crippen LogP contribution >= 0.6 is 0 Å². The first-order chi connectivity index (χ1) is 16.4. The van der Waals surface area contributed by atoms with Crippen LogP contribution < -0.4 is 10.2 Å². The van der Waals surface area contributed by atoms with Crippen LogP contribution in [-0.2, 0) is 10.2 Å². The molecule has 34 heavy (non-hydrogen) atoms. The molecule has 0 aliphatic heterocycles. The maximum absolute atomic E-state index is 10.7. The van der Waals surface area contributed by atoms with Gasteiger partial charge in [0.2, 0.25) is 0 Å². The zero-order valence-electron chi connectivity index (χ0n) is 20.4. The van der Waals surface area contributed by atoms with Gasteiger partial charge in [0.05, 0.1) is 23.1 Å². The van der Waals surface area contributed by atoms with Crippen LogP contribution in [0.4, 0.5) is 11.4 Å². The normalized spacial score (nSPS) is 14.4. The number of fused-ring (bicyclic) bond motifs is 2. The molecule has 2 N–H and O–H groups in total. The van der Waals surface area contributed by atoms with E-state index in [0.717, 1.165) is 72.6 Å². The Balaban J connectivity index is 1.57. The number of carbonyl (C=O) groups is 1. The average molecular weight is 460 g/mol. The van der Waals surface area contributed by atoms with Crippen molar-refractivity contribution in [2.24, 2.45) is 0 Å². The molecule has 0 atom stereocenters. The van der Waals surface area contributed by atoms with Gasteiger partial charge in [-0.1, -0.05) is 38.5 Å². The predicted molar refractivity (Wildman–Crippen MR) is 140 cm³/mol. The van der Waals surface area contributed by atoms with Gasteiger partial charge in [0.1, 0.15) is 0 Å². The second-order valence-electron chi connectivity index (χ2n) is 9.75. The van der Waals surface area contributed by atoms with Crippen molar-refractivity contribution in [3.05, 3.63) is 71.6 Å². The lowest BCUT2D eigenvalue weighted by Crippen LogP contribution is -2.25. The fourth-order valence-electron chi connectivity index (χ4n) is 4.76. The summed E-state index contributed by atoms with van der Waals surface area (Å²) >= 11 is 0. The first-order valence-corrected chi connectivity index (χ1v) is 12.3. The molecule has 0 saturated carbocycles. The molecule has 4 rings (SSSR count). The van der Waals surface area contributed by atoms with Crippen LogP contribution in [-0.4, -0.2) is 24.2 Å². The lowest BCUT2D eigenvalue weighted by Gasteiger charge is -2.29. The third kappa shape index (κ3) is 5.58. The van der Waals surface area contributed by atoms with Crippen molar-refractivity contribution in [1.29, 1.82) is 0 Å². The fourth-order valence-corrected chi connectivity index (χ4v) is 4.76. The van der Waals surface area contributed by atoms with E-state index in [2.05, 4.69) is 73.5 Å². The Bertz CT molecular complexity index is 1180. The topological polar surface area (TPSA) is 63.9 Å². The molecule has 1 heterocycles. The van der Waals surface area contributed by atoms with Crippen LogP contribution in [0, 0.1) is 0 Å². The number of hydrogen-bond donors (Lipinski definition) is 2. The van der Waals surface area contributed by atoms with E-state index in [1.807, 2.05) is 18.2 Å². The van der Waals surface area contributed by atoms with Crippen molar-refractivity contribution in [3.8, 4) is 0 Å². The zero-order chi connectivity index (χ0) is 24.1. The third-order valence-electron chi connectivity index (χ3n) is 6.59. The highest BCUT2D eigenvalue weighted by molar-refractivity contribution is 5.83. The largest absolute Gasteiger partial charge is 0.481 e.